The van der Waals surface area contributed by atoms with E-state index in [4.69, 9.17) is 14.2 Å². The number of rotatable bonds is 10. The third-order valence-corrected chi connectivity index (χ3v) is 5.35. The fourth-order valence-corrected chi connectivity index (χ4v) is 3.78. The molecule has 2 aromatic rings. The Labute approximate surface area is 193 Å². The third kappa shape index (κ3) is 7.84. The van der Waals surface area contributed by atoms with Crippen LogP contribution >= 0.6 is 11.8 Å². The molecule has 0 N–H and O–H groups in total. The number of thioether (sulfide) groups is 1. The van der Waals surface area contributed by atoms with Crippen molar-refractivity contribution in [2.45, 2.75) is 44.5 Å². The average molecular weight is 464 g/mol. The highest BCUT2D eigenvalue weighted by Crippen LogP contribution is 2.29. The minimum Gasteiger partial charge on any atom is -0.457 e. The van der Waals surface area contributed by atoms with Gasteiger partial charge in [-0.1, -0.05) is 60.7 Å². The Kier molecular flexibility index (Phi) is 9.53. The molecule has 0 aliphatic heterocycles. The number of esters is 1. The number of alkyl halides is 1. The van der Waals surface area contributed by atoms with E-state index in [1.165, 1.54) is 18.9 Å². The van der Waals surface area contributed by atoms with E-state index in [1.54, 1.807) is 45.0 Å². The van der Waals surface area contributed by atoms with Crippen LogP contribution in [0.25, 0.3) is 0 Å². The maximum Gasteiger partial charge on any atom is 0.415 e. The lowest BCUT2D eigenvalue weighted by atomic mass is 10.2. The molecule has 0 fully saturated rings. The Morgan fingerprint density at radius 2 is 1.53 bits per heavy atom. The van der Waals surface area contributed by atoms with Gasteiger partial charge in [0.1, 0.15) is 18.9 Å². The number of ether oxygens (including phenoxy) is 3. The zero-order valence-electron chi connectivity index (χ0n) is 18.9. The summed E-state index contributed by atoms with van der Waals surface area (Å²) in [6.45, 7) is 4.39. The first-order chi connectivity index (χ1) is 15.2. The molecular formula is C24H30FNO5S. The van der Waals surface area contributed by atoms with Crippen molar-refractivity contribution >= 4 is 23.8 Å². The first-order valence-electron chi connectivity index (χ1n) is 10.2. The summed E-state index contributed by atoms with van der Waals surface area (Å²) in [6, 6.07) is 18.4. The van der Waals surface area contributed by atoms with E-state index in [9.17, 15) is 9.59 Å². The molecule has 2 aromatic carbocycles. The summed E-state index contributed by atoms with van der Waals surface area (Å²) in [4.78, 5) is 26.4. The fraction of sp³-hybridized carbons (Fsp3) is 0.417. The molecule has 0 aromatic heterocycles. The summed E-state index contributed by atoms with van der Waals surface area (Å²) < 4.78 is 31.9. The monoisotopic (exact) mass is 463 g/mol. The molecule has 2 rings (SSSR count). The van der Waals surface area contributed by atoms with E-state index in [2.05, 4.69) is 0 Å². The molecule has 0 unspecified atom stereocenters. The molecule has 0 saturated heterocycles. The highest BCUT2D eigenvalue weighted by molar-refractivity contribution is 7.98. The summed E-state index contributed by atoms with van der Waals surface area (Å²) in [6.07, 6.45) is -1.00. The van der Waals surface area contributed by atoms with Crippen LogP contribution in [0.5, 0.6) is 0 Å². The van der Waals surface area contributed by atoms with Gasteiger partial charge in [0.15, 0.2) is 0 Å². The van der Waals surface area contributed by atoms with Gasteiger partial charge in [0.25, 0.3) is 5.79 Å². The summed E-state index contributed by atoms with van der Waals surface area (Å²) in [5.41, 5.74) is 0.790. The number of halogens is 1. The van der Waals surface area contributed by atoms with E-state index in [0.29, 0.717) is 16.2 Å². The second kappa shape index (κ2) is 11.9. The van der Waals surface area contributed by atoms with Gasteiger partial charge in [-0.2, -0.15) is 11.8 Å². The van der Waals surface area contributed by atoms with Crippen molar-refractivity contribution in [2.24, 2.45) is 0 Å². The lowest BCUT2D eigenvalue weighted by Gasteiger charge is -2.35. The molecule has 0 aliphatic carbocycles. The van der Waals surface area contributed by atoms with Crippen LogP contribution in [0.1, 0.15) is 31.9 Å². The van der Waals surface area contributed by atoms with Gasteiger partial charge in [-0.25, -0.2) is 18.9 Å². The van der Waals surface area contributed by atoms with E-state index in [1.807, 2.05) is 36.4 Å². The summed E-state index contributed by atoms with van der Waals surface area (Å²) in [5, 5.41) is 0. The van der Waals surface area contributed by atoms with Crippen molar-refractivity contribution in [1.82, 2.24) is 4.90 Å². The number of benzene rings is 2. The Balaban J connectivity index is 2.22. The summed E-state index contributed by atoms with van der Waals surface area (Å²) in [5.74, 6) is -3.86. The minimum atomic E-state index is -2.79. The second-order valence-electron chi connectivity index (χ2n) is 8.13. The van der Waals surface area contributed by atoms with Gasteiger partial charge in [-0.15, -0.1) is 0 Å². The van der Waals surface area contributed by atoms with E-state index < -0.39 is 30.2 Å². The zero-order valence-corrected chi connectivity index (χ0v) is 19.7. The normalized spacial score (nSPS) is 13.2. The maximum absolute atomic E-state index is 16.3. The van der Waals surface area contributed by atoms with Crippen molar-refractivity contribution in [2.75, 3.05) is 19.6 Å². The van der Waals surface area contributed by atoms with Crippen LogP contribution in [0.2, 0.25) is 0 Å². The number of carbonyl (C=O) groups excluding carboxylic acids is 2. The molecule has 0 aliphatic rings. The van der Waals surface area contributed by atoms with E-state index in [0.717, 1.165) is 5.56 Å². The number of methoxy groups -OCH3 is 1. The number of nitrogens with zero attached hydrogens (tertiary/aromatic N) is 1. The van der Waals surface area contributed by atoms with Crippen LogP contribution in [-0.4, -0.2) is 47.9 Å². The van der Waals surface area contributed by atoms with Crippen LogP contribution < -0.4 is 0 Å². The smallest absolute Gasteiger partial charge is 0.415 e. The predicted octanol–water partition coefficient (Wildman–Crippen LogP) is 5.17. The predicted molar refractivity (Wildman–Crippen MR) is 123 cm³/mol. The minimum absolute atomic E-state index is 0.121. The SMILES string of the molecule is COCN(C(=O)OC(C)(C)C)[C@](F)(CSCc1ccccc1)C(=O)OCc1ccccc1. The molecule has 0 spiro atoms. The van der Waals surface area contributed by atoms with Crippen molar-refractivity contribution in [3.05, 3.63) is 71.8 Å². The molecule has 1 atom stereocenters. The van der Waals surface area contributed by atoms with Crippen molar-refractivity contribution in [1.29, 1.82) is 0 Å². The lowest BCUT2D eigenvalue weighted by Crippen LogP contribution is -2.58. The quantitative estimate of drug-likeness (QED) is 0.275. The van der Waals surface area contributed by atoms with Gasteiger partial charge in [-0.3, -0.25) is 0 Å². The first-order valence-corrected chi connectivity index (χ1v) is 11.3. The average Bonchev–Trinajstić information content (AvgIpc) is 2.75. The molecule has 32 heavy (non-hydrogen) atoms. The summed E-state index contributed by atoms with van der Waals surface area (Å²) >= 11 is 1.17. The highest BCUT2D eigenvalue weighted by atomic mass is 32.2. The van der Waals surface area contributed by atoms with Crippen LogP contribution in [0.3, 0.4) is 0 Å². The highest BCUT2D eigenvalue weighted by Gasteiger charge is 2.50. The number of hydrogen-bond acceptors (Lipinski definition) is 6. The molecule has 0 radical (unpaired) electrons. The molecule has 0 saturated carbocycles. The van der Waals surface area contributed by atoms with Crippen molar-refractivity contribution < 1.29 is 28.2 Å². The lowest BCUT2D eigenvalue weighted by molar-refractivity contribution is -0.175. The third-order valence-electron chi connectivity index (χ3n) is 4.23. The summed E-state index contributed by atoms with van der Waals surface area (Å²) in [7, 11) is 1.31. The fourth-order valence-electron chi connectivity index (χ4n) is 2.70. The van der Waals surface area contributed by atoms with Gasteiger partial charge in [-0.05, 0) is 31.9 Å². The van der Waals surface area contributed by atoms with Gasteiger partial charge in [0, 0.05) is 12.9 Å². The Morgan fingerprint density at radius 3 is 2.06 bits per heavy atom. The molecular weight excluding hydrogens is 433 g/mol. The van der Waals surface area contributed by atoms with Crippen LogP contribution in [0.15, 0.2) is 60.7 Å². The number of hydrogen-bond donors (Lipinski definition) is 0. The van der Waals surface area contributed by atoms with Crippen LogP contribution in [-0.2, 0) is 31.4 Å². The van der Waals surface area contributed by atoms with Crippen molar-refractivity contribution in [3.63, 3.8) is 0 Å². The molecule has 6 nitrogen and oxygen atoms in total. The maximum atomic E-state index is 16.3. The van der Waals surface area contributed by atoms with Gasteiger partial charge in [0.05, 0.1) is 5.75 Å². The molecule has 174 valence electrons. The molecule has 8 heteroatoms. The Bertz CT molecular complexity index is 860. The van der Waals surface area contributed by atoms with E-state index >= 15 is 4.39 Å². The molecule has 1 amide bonds. The standard InChI is InChI=1S/C24H30FNO5S/c1-23(2,3)31-22(28)26(18-29-4)24(25,17-32-16-20-13-9-6-10-14-20)21(27)30-15-19-11-7-5-8-12-19/h5-14H,15-18H2,1-4H3/t24-/m1/s1. The van der Waals surface area contributed by atoms with Gasteiger partial charge >= 0.3 is 12.1 Å². The van der Waals surface area contributed by atoms with Crippen LogP contribution in [0, 0.1) is 0 Å². The number of carbonyl (C=O) groups is 2. The van der Waals surface area contributed by atoms with E-state index in [-0.39, 0.29) is 12.4 Å². The Hall–Kier alpha value is -2.58. The largest absolute Gasteiger partial charge is 0.457 e. The van der Waals surface area contributed by atoms with Gasteiger partial charge < -0.3 is 14.2 Å². The second-order valence-corrected chi connectivity index (χ2v) is 9.11. The molecule has 0 bridgehead atoms. The van der Waals surface area contributed by atoms with Crippen LogP contribution in [0.4, 0.5) is 9.18 Å². The topological polar surface area (TPSA) is 65.1 Å². The van der Waals surface area contributed by atoms with Gasteiger partial charge in [0.2, 0.25) is 0 Å². The Morgan fingerprint density at radius 1 is 0.969 bits per heavy atom. The van der Waals surface area contributed by atoms with Crippen molar-refractivity contribution in [3.8, 4) is 0 Å². The number of amides is 1. The first kappa shape index (κ1) is 25.7. The zero-order chi connectivity index (χ0) is 23.6. The molecule has 0 heterocycles.